The largest absolute Gasteiger partial charge is 0.355 e. The standard InChI is InChI=1S/C20H29N3O3/c1-14-17-8-7-16(24)11-19(17)26-23-18(14)9-10-22-20(25)13-21-12-15-5-3-2-4-6-15/h2-6,14,17-19,21,23H,7-13H2,1H3,(H,22,25). The first-order valence-corrected chi connectivity index (χ1v) is 9.57. The van der Waals surface area contributed by atoms with E-state index in [1.165, 1.54) is 0 Å². The molecule has 6 heteroatoms. The van der Waals surface area contributed by atoms with Gasteiger partial charge < -0.3 is 10.6 Å². The molecule has 0 aromatic heterocycles. The number of carbonyl (C=O) groups excluding carboxylic acids is 2. The van der Waals surface area contributed by atoms with Crippen molar-refractivity contribution in [3.8, 4) is 0 Å². The lowest BCUT2D eigenvalue weighted by Gasteiger charge is -2.43. The molecule has 0 radical (unpaired) electrons. The van der Waals surface area contributed by atoms with Gasteiger partial charge in [0.05, 0.1) is 12.6 Å². The van der Waals surface area contributed by atoms with Crippen molar-refractivity contribution in [2.75, 3.05) is 13.1 Å². The third-order valence-corrected chi connectivity index (χ3v) is 5.58. The van der Waals surface area contributed by atoms with Gasteiger partial charge in [0.15, 0.2) is 0 Å². The van der Waals surface area contributed by atoms with Crippen LogP contribution in [0, 0.1) is 11.8 Å². The Morgan fingerprint density at radius 2 is 2.12 bits per heavy atom. The molecule has 2 aliphatic rings. The monoisotopic (exact) mass is 359 g/mol. The summed E-state index contributed by atoms with van der Waals surface area (Å²) in [7, 11) is 0. The average molecular weight is 359 g/mol. The Morgan fingerprint density at radius 1 is 1.31 bits per heavy atom. The molecule has 4 atom stereocenters. The van der Waals surface area contributed by atoms with Crippen molar-refractivity contribution in [3.63, 3.8) is 0 Å². The SMILES string of the molecule is CC1C(CCNC(=O)CNCc2ccccc2)NOC2CC(=O)CCC21. The highest BCUT2D eigenvalue weighted by Crippen LogP contribution is 2.35. The van der Waals surface area contributed by atoms with Crippen molar-refractivity contribution in [2.24, 2.45) is 11.8 Å². The smallest absolute Gasteiger partial charge is 0.233 e. The summed E-state index contributed by atoms with van der Waals surface area (Å²) >= 11 is 0. The minimum Gasteiger partial charge on any atom is -0.355 e. The molecule has 1 aliphatic heterocycles. The maximum absolute atomic E-state index is 12.0. The van der Waals surface area contributed by atoms with Gasteiger partial charge in [0.2, 0.25) is 5.91 Å². The minimum atomic E-state index is 0.00597. The van der Waals surface area contributed by atoms with Crippen molar-refractivity contribution in [3.05, 3.63) is 35.9 Å². The number of hydroxylamine groups is 1. The Hall–Kier alpha value is -1.76. The number of nitrogens with one attached hydrogen (secondary N) is 3. The highest BCUT2D eigenvalue weighted by Gasteiger charge is 2.40. The van der Waals surface area contributed by atoms with E-state index in [0.717, 1.165) is 18.4 Å². The van der Waals surface area contributed by atoms with Gasteiger partial charge in [0.25, 0.3) is 0 Å². The van der Waals surface area contributed by atoms with Gasteiger partial charge in [-0.3, -0.25) is 14.4 Å². The first kappa shape index (κ1) is 19.0. The topological polar surface area (TPSA) is 79.5 Å². The fourth-order valence-corrected chi connectivity index (χ4v) is 3.97. The lowest BCUT2D eigenvalue weighted by Crippen LogP contribution is -2.53. The molecule has 1 saturated heterocycles. The van der Waals surface area contributed by atoms with E-state index in [9.17, 15) is 9.59 Å². The van der Waals surface area contributed by atoms with E-state index in [2.05, 4.69) is 23.0 Å². The molecule has 0 bridgehead atoms. The summed E-state index contributed by atoms with van der Waals surface area (Å²) in [6, 6.07) is 10.2. The third-order valence-electron chi connectivity index (χ3n) is 5.58. The fraction of sp³-hybridized carbons (Fsp3) is 0.600. The summed E-state index contributed by atoms with van der Waals surface area (Å²) in [6.45, 7) is 3.83. The highest BCUT2D eigenvalue weighted by molar-refractivity contribution is 5.79. The van der Waals surface area contributed by atoms with Gasteiger partial charge in [0.1, 0.15) is 5.78 Å². The van der Waals surface area contributed by atoms with Gasteiger partial charge in [-0.25, -0.2) is 0 Å². The number of hydrogen-bond donors (Lipinski definition) is 3. The van der Waals surface area contributed by atoms with E-state index >= 15 is 0 Å². The highest BCUT2D eigenvalue weighted by atomic mass is 16.7. The third kappa shape index (κ3) is 5.13. The summed E-state index contributed by atoms with van der Waals surface area (Å²) < 4.78 is 0. The molecule has 4 unspecified atom stereocenters. The van der Waals surface area contributed by atoms with Crippen molar-refractivity contribution in [2.45, 2.75) is 51.3 Å². The Morgan fingerprint density at radius 3 is 2.92 bits per heavy atom. The Kier molecular flexibility index (Phi) is 6.77. The van der Waals surface area contributed by atoms with Gasteiger partial charge >= 0.3 is 0 Å². The van der Waals surface area contributed by atoms with Crippen LogP contribution in [0.3, 0.4) is 0 Å². The summed E-state index contributed by atoms with van der Waals surface area (Å²) in [5.74, 6) is 1.18. The molecular formula is C20H29N3O3. The van der Waals surface area contributed by atoms with Gasteiger partial charge in [-0.1, -0.05) is 37.3 Å². The number of rotatable bonds is 7. The summed E-state index contributed by atoms with van der Waals surface area (Å²) in [5, 5.41) is 6.12. The predicted octanol–water partition coefficient (Wildman–Crippen LogP) is 1.56. The van der Waals surface area contributed by atoms with Crippen LogP contribution in [-0.4, -0.2) is 36.9 Å². The predicted molar refractivity (Wildman–Crippen MR) is 99.1 cm³/mol. The molecule has 1 heterocycles. The molecule has 1 saturated carbocycles. The molecule has 142 valence electrons. The van der Waals surface area contributed by atoms with Crippen LogP contribution < -0.4 is 16.1 Å². The first-order valence-electron chi connectivity index (χ1n) is 9.57. The second-order valence-electron chi connectivity index (χ2n) is 7.41. The van der Waals surface area contributed by atoms with E-state index in [1.807, 2.05) is 30.3 Å². The van der Waals surface area contributed by atoms with E-state index in [1.54, 1.807) is 0 Å². The zero-order valence-electron chi connectivity index (χ0n) is 15.4. The molecule has 2 fully saturated rings. The van der Waals surface area contributed by atoms with E-state index < -0.39 is 0 Å². The normalized spacial score (nSPS) is 28.4. The van der Waals surface area contributed by atoms with Gasteiger partial charge in [-0.05, 0) is 30.2 Å². The number of hydrogen-bond acceptors (Lipinski definition) is 5. The number of benzene rings is 1. The molecule has 1 aliphatic carbocycles. The van der Waals surface area contributed by atoms with E-state index in [0.29, 0.717) is 50.1 Å². The zero-order valence-corrected chi connectivity index (χ0v) is 15.4. The maximum Gasteiger partial charge on any atom is 0.233 e. The van der Waals surface area contributed by atoms with Gasteiger partial charge in [-0.2, -0.15) is 5.48 Å². The van der Waals surface area contributed by atoms with Crippen molar-refractivity contribution in [1.82, 2.24) is 16.1 Å². The average Bonchev–Trinajstić information content (AvgIpc) is 2.64. The Bertz CT molecular complexity index is 608. The van der Waals surface area contributed by atoms with Crippen molar-refractivity contribution in [1.29, 1.82) is 0 Å². The van der Waals surface area contributed by atoms with Crippen molar-refractivity contribution < 1.29 is 14.4 Å². The number of ketones is 1. The fourth-order valence-electron chi connectivity index (χ4n) is 3.97. The number of fused-ring (bicyclic) bond motifs is 1. The summed E-state index contributed by atoms with van der Waals surface area (Å²) in [5.41, 5.74) is 4.27. The molecule has 1 aromatic rings. The van der Waals surface area contributed by atoms with Crippen LogP contribution in [-0.2, 0) is 21.0 Å². The van der Waals surface area contributed by atoms with Gasteiger partial charge in [-0.15, -0.1) is 0 Å². The number of carbonyl (C=O) groups is 2. The maximum atomic E-state index is 12.0. The molecule has 3 N–H and O–H groups in total. The molecular weight excluding hydrogens is 330 g/mol. The molecule has 26 heavy (non-hydrogen) atoms. The molecule has 1 amide bonds. The Labute approximate surface area is 155 Å². The minimum absolute atomic E-state index is 0.00597. The molecule has 1 aromatic carbocycles. The van der Waals surface area contributed by atoms with Crippen LogP contribution in [0.2, 0.25) is 0 Å². The van der Waals surface area contributed by atoms with Crippen LogP contribution in [0.25, 0.3) is 0 Å². The van der Waals surface area contributed by atoms with Crippen LogP contribution in [0.1, 0.15) is 38.2 Å². The van der Waals surface area contributed by atoms with Gasteiger partial charge in [0, 0.05) is 32.0 Å². The second-order valence-corrected chi connectivity index (χ2v) is 7.41. The van der Waals surface area contributed by atoms with Crippen LogP contribution >= 0.6 is 0 Å². The van der Waals surface area contributed by atoms with E-state index in [-0.39, 0.29) is 18.1 Å². The molecule has 3 rings (SSSR count). The number of Topliss-reactive ketones (excluding diaryl/α,β-unsaturated/α-hetero) is 1. The lowest BCUT2D eigenvalue weighted by molar-refractivity contribution is -0.160. The van der Waals surface area contributed by atoms with Crippen LogP contribution in [0.4, 0.5) is 0 Å². The van der Waals surface area contributed by atoms with E-state index in [4.69, 9.17) is 4.84 Å². The first-order chi connectivity index (χ1) is 12.6. The quantitative estimate of drug-likeness (QED) is 0.689. The summed E-state index contributed by atoms with van der Waals surface area (Å²) in [6.07, 6.45) is 2.95. The number of amides is 1. The Balaban J connectivity index is 1.33. The lowest BCUT2D eigenvalue weighted by atomic mass is 9.74. The zero-order chi connectivity index (χ0) is 18.4. The molecule has 0 spiro atoms. The van der Waals surface area contributed by atoms with Crippen LogP contribution in [0.5, 0.6) is 0 Å². The van der Waals surface area contributed by atoms with Crippen LogP contribution in [0.15, 0.2) is 30.3 Å². The summed E-state index contributed by atoms with van der Waals surface area (Å²) in [4.78, 5) is 29.2. The van der Waals surface area contributed by atoms with Crippen molar-refractivity contribution >= 4 is 11.7 Å². The molecule has 6 nitrogen and oxygen atoms in total. The second kappa shape index (κ2) is 9.26.